The molecule has 0 saturated carbocycles. The zero-order valence-corrected chi connectivity index (χ0v) is 21.3. The maximum absolute atomic E-state index is 13.3. The average Bonchev–Trinajstić information content (AvgIpc) is 2.78. The summed E-state index contributed by atoms with van der Waals surface area (Å²) in [5.74, 6) is 0.272. The Balaban J connectivity index is 2.13. The summed E-state index contributed by atoms with van der Waals surface area (Å²) >= 11 is 4.84. The monoisotopic (exact) mass is 545 g/mol. The minimum atomic E-state index is -0.929. The van der Waals surface area contributed by atoms with Gasteiger partial charge in [0.2, 0.25) is 11.1 Å². The van der Waals surface area contributed by atoms with Gasteiger partial charge in [0.15, 0.2) is 11.5 Å². The first-order valence-corrected chi connectivity index (χ1v) is 12.2. The second-order valence-corrected chi connectivity index (χ2v) is 9.55. The first-order valence-electron chi connectivity index (χ1n) is 10.4. The van der Waals surface area contributed by atoms with Crippen LogP contribution in [0.3, 0.4) is 0 Å². The number of hydrogen-bond donors (Lipinski definition) is 1. The van der Waals surface area contributed by atoms with Crippen LogP contribution in [-0.4, -0.2) is 34.8 Å². The van der Waals surface area contributed by atoms with E-state index in [1.54, 1.807) is 36.4 Å². The van der Waals surface area contributed by atoms with Crippen molar-refractivity contribution in [2.24, 2.45) is 0 Å². The van der Waals surface area contributed by atoms with E-state index in [-0.39, 0.29) is 28.7 Å². The number of nitrogens with zero attached hydrogens (tertiary/aromatic N) is 3. The lowest BCUT2D eigenvalue weighted by atomic mass is 10.0. The standard InChI is InChI=1S/C23H21BrN4O5S/c1-5-34-23-25-21(31)19-15-8-6-7-9-17(15)27(12(2)29)22(28(19)26-23)16-10-14(24)11-18(32-4)20(16)33-13(3)30/h6-11,22H,5H2,1-4H3/p+1. The number of fused-ring (bicyclic) bond motifs is 3. The first kappa shape index (κ1) is 24.0. The molecule has 1 amide bonds. The number of hydrogen-bond acceptors (Lipinski definition) is 7. The van der Waals surface area contributed by atoms with Crippen molar-refractivity contribution >= 4 is 45.3 Å². The van der Waals surface area contributed by atoms with Crippen LogP contribution in [0.4, 0.5) is 5.69 Å². The Morgan fingerprint density at radius 3 is 2.65 bits per heavy atom. The molecule has 0 spiro atoms. The second-order valence-electron chi connectivity index (χ2n) is 7.39. The lowest BCUT2D eigenvalue weighted by Gasteiger charge is -2.32. The zero-order chi connectivity index (χ0) is 24.6. The smallest absolute Gasteiger partial charge is 0.325 e. The lowest BCUT2D eigenvalue weighted by Crippen LogP contribution is -2.60. The Kier molecular flexibility index (Phi) is 6.76. The molecule has 1 atom stereocenters. The van der Waals surface area contributed by atoms with Crippen LogP contribution in [0.2, 0.25) is 0 Å². The van der Waals surface area contributed by atoms with Crippen molar-refractivity contribution in [3.63, 3.8) is 0 Å². The molecule has 1 aliphatic heterocycles. The molecule has 1 unspecified atom stereocenters. The van der Waals surface area contributed by atoms with Gasteiger partial charge in [-0.2, -0.15) is 0 Å². The third kappa shape index (κ3) is 4.21. The molecule has 0 aliphatic carbocycles. The lowest BCUT2D eigenvalue weighted by molar-refractivity contribution is -0.763. The van der Waals surface area contributed by atoms with Gasteiger partial charge in [0.1, 0.15) is 0 Å². The number of H-pyrrole nitrogens is 1. The van der Waals surface area contributed by atoms with Crippen molar-refractivity contribution in [2.75, 3.05) is 17.8 Å². The van der Waals surface area contributed by atoms with Crippen molar-refractivity contribution < 1.29 is 23.7 Å². The van der Waals surface area contributed by atoms with Crippen LogP contribution < -0.4 is 24.6 Å². The van der Waals surface area contributed by atoms with E-state index in [9.17, 15) is 14.4 Å². The van der Waals surface area contributed by atoms with Crippen LogP contribution in [0.15, 0.2) is 50.8 Å². The Labute approximate surface area is 208 Å². The van der Waals surface area contributed by atoms with Crippen LogP contribution in [-0.2, 0) is 9.59 Å². The number of methoxy groups -OCH3 is 1. The number of aromatic amines is 1. The fourth-order valence-electron chi connectivity index (χ4n) is 3.98. The van der Waals surface area contributed by atoms with Gasteiger partial charge in [-0.1, -0.05) is 46.7 Å². The molecule has 1 aromatic heterocycles. The molecule has 176 valence electrons. The van der Waals surface area contributed by atoms with Crippen molar-refractivity contribution in [2.45, 2.75) is 32.1 Å². The number of ether oxygens (including phenoxy) is 2. The minimum absolute atomic E-state index is 0.138. The Hall–Kier alpha value is -3.18. The number of esters is 1. The minimum Gasteiger partial charge on any atom is -0.493 e. The highest BCUT2D eigenvalue weighted by Crippen LogP contribution is 2.44. The molecule has 3 aromatic rings. The van der Waals surface area contributed by atoms with Gasteiger partial charge in [-0.3, -0.25) is 19.4 Å². The number of thioether (sulfide) groups is 1. The van der Waals surface area contributed by atoms with Crippen molar-refractivity contribution in [1.82, 2.24) is 10.1 Å². The van der Waals surface area contributed by atoms with Crippen LogP contribution in [0, 0.1) is 0 Å². The predicted octanol–water partition coefficient (Wildman–Crippen LogP) is 3.45. The molecule has 34 heavy (non-hydrogen) atoms. The number of carbonyl (C=O) groups is 2. The van der Waals surface area contributed by atoms with E-state index in [1.165, 1.54) is 42.3 Å². The molecule has 0 saturated heterocycles. The van der Waals surface area contributed by atoms with Crippen LogP contribution >= 0.6 is 27.7 Å². The van der Waals surface area contributed by atoms with Gasteiger partial charge in [-0.05, 0) is 34.7 Å². The van der Waals surface area contributed by atoms with E-state index < -0.39 is 12.1 Å². The molecule has 4 rings (SSSR count). The third-order valence-electron chi connectivity index (χ3n) is 5.17. The number of amides is 1. The molecule has 2 heterocycles. The summed E-state index contributed by atoms with van der Waals surface area (Å²) in [4.78, 5) is 42.7. The molecular weight excluding hydrogens is 524 g/mol. The Bertz CT molecular complexity index is 1360. The summed E-state index contributed by atoms with van der Waals surface area (Å²) in [6.45, 7) is 4.66. The normalized spacial score (nSPS) is 14.3. The molecule has 0 radical (unpaired) electrons. The van der Waals surface area contributed by atoms with Gasteiger partial charge in [0.25, 0.3) is 6.17 Å². The van der Waals surface area contributed by atoms with Gasteiger partial charge in [0, 0.05) is 23.4 Å². The number of aromatic nitrogens is 3. The summed E-state index contributed by atoms with van der Waals surface area (Å²) in [6, 6.07) is 10.5. The van der Waals surface area contributed by atoms with E-state index in [2.05, 4.69) is 20.9 Å². The fourth-order valence-corrected chi connectivity index (χ4v) is 5.02. The molecule has 0 bridgehead atoms. The van der Waals surface area contributed by atoms with E-state index in [0.717, 1.165) is 0 Å². The first-order chi connectivity index (χ1) is 16.3. The predicted molar refractivity (Wildman–Crippen MR) is 130 cm³/mol. The van der Waals surface area contributed by atoms with Crippen LogP contribution in [0.25, 0.3) is 11.3 Å². The number of halogens is 1. The number of anilines is 1. The van der Waals surface area contributed by atoms with Crippen LogP contribution in [0.5, 0.6) is 11.5 Å². The quantitative estimate of drug-likeness (QED) is 0.226. The molecule has 0 fully saturated rings. The zero-order valence-electron chi connectivity index (χ0n) is 18.9. The summed E-state index contributed by atoms with van der Waals surface area (Å²) in [5, 5.41) is 5.10. The molecule has 11 heteroatoms. The molecule has 9 nitrogen and oxygen atoms in total. The molecular formula is C23H22BrN4O5S+. The fraction of sp³-hybridized carbons (Fsp3) is 0.261. The van der Waals surface area contributed by atoms with Gasteiger partial charge < -0.3 is 9.47 Å². The maximum Gasteiger partial charge on any atom is 0.325 e. The van der Waals surface area contributed by atoms with Gasteiger partial charge >= 0.3 is 17.2 Å². The topological polar surface area (TPSA) is 105 Å². The maximum atomic E-state index is 13.3. The van der Waals surface area contributed by atoms with E-state index in [4.69, 9.17) is 14.6 Å². The van der Waals surface area contributed by atoms with Gasteiger partial charge in [-0.15, -0.1) is 0 Å². The highest BCUT2D eigenvalue weighted by molar-refractivity contribution is 9.10. The number of benzene rings is 2. The summed E-state index contributed by atoms with van der Waals surface area (Å²) < 4.78 is 13.2. The summed E-state index contributed by atoms with van der Waals surface area (Å²) in [6.07, 6.45) is -0.929. The third-order valence-corrected chi connectivity index (χ3v) is 6.37. The van der Waals surface area contributed by atoms with E-state index in [0.29, 0.717) is 32.2 Å². The van der Waals surface area contributed by atoms with Gasteiger partial charge in [-0.25, -0.2) is 4.90 Å². The van der Waals surface area contributed by atoms with E-state index >= 15 is 0 Å². The van der Waals surface area contributed by atoms with Crippen molar-refractivity contribution in [1.29, 1.82) is 0 Å². The SMILES string of the molecule is CCSc1n[n+]2c(c(=O)[nH]1)-c1ccccc1N(C(C)=O)C2c1cc(Br)cc(OC)c1OC(C)=O. The number of nitrogens with one attached hydrogen (secondary N) is 1. The Morgan fingerprint density at radius 1 is 1.26 bits per heavy atom. The summed E-state index contributed by atoms with van der Waals surface area (Å²) in [5.41, 5.74) is 1.46. The highest BCUT2D eigenvalue weighted by Gasteiger charge is 2.47. The number of rotatable bonds is 5. The Morgan fingerprint density at radius 2 is 2.00 bits per heavy atom. The molecule has 2 aromatic carbocycles. The highest BCUT2D eigenvalue weighted by atomic mass is 79.9. The van der Waals surface area contributed by atoms with Crippen molar-refractivity contribution in [3.8, 4) is 22.8 Å². The number of carbonyl (C=O) groups excluding carboxylic acids is 2. The van der Waals surface area contributed by atoms with Gasteiger partial charge in [0.05, 0.1) is 23.9 Å². The van der Waals surface area contributed by atoms with Crippen LogP contribution in [0.1, 0.15) is 32.5 Å². The summed E-state index contributed by atoms with van der Waals surface area (Å²) in [7, 11) is 1.46. The number of para-hydroxylation sites is 1. The van der Waals surface area contributed by atoms with Crippen molar-refractivity contribution in [3.05, 3.63) is 56.8 Å². The largest absolute Gasteiger partial charge is 0.493 e. The second kappa shape index (κ2) is 9.59. The molecule has 1 aliphatic rings. The average molecular weight is 546 g/mol. The molecule has 1 N–H and O–H groups in total. The van der Waals surface area contributed by atoms with E-state index in [1.807, 2.05) is 6.92 Å².